The summed E-state index contributed by atoms with van der Waals surface area (Å²) < 4.78 is 10.7. The van der Waals surface area contributed by atoms with Gasteiger partial charge in [0.2, 0.25) is 11.7 Å². The summed E-state index contributed by atoms with van der Waals surface area (Å²) in [6.07, 6.45) is 4.08. The number of benzene rings is 1. The molecule has 0 radical (unpaired) electrons. The molecule has 8 nitrogen and oxygen atoms in total. The zero-order valence-electron chi connectivity index (χ0n) is 19.0. The SMILES string of the molecule is CCCN(CCC)CCNC(=O)[C@@H]1CCCN(c2nc(-c3ccc(OC)cc3)no2)C1. The molecule has 2 aromatic rings. The number of hydrogen-bond donors (Lipinski definition) is 1. The Morgan fingerprint density at radius 1 is 1.23 bits per heavy atom. The van der Waals surface area contributed by atoms with Crippen molar-refractivity contribution in [2.45, 2.75) is 39.5 Å². The lowest BCUT2D eigenvalue weighted by Gasteiger charge is -2.30. The van der Waals surface area contributed by atoms with Gasteiger partial charge in [-0.2, -0.15) is 4.98 Å². The number of carbonyl (C=O) groups excluding carboxylic acids is 1. The fourth-order valence-corrected chi connectivity index (χ4v) is 4.02. The van der Waals surface area contributed by atoms with E-state index >= 15 is 0 Å². The van der Waals surface area contributed by atoms with E-state index in [-0.39, 0.29) is 11.8 Å². The number of piperidine rings is 1. The average Bonchev–Trinajstić information content (AvgIpc) is 3.30. The van der Waals surface area contributed by atoms with Crippen molar-refractivity contribution in [2.24, 2.45) is 5.92 Å². The van der Waals surface area contributed by atoms with Gasteiger partial charge in [0.05, 0.1) is 13.0 Å². The maximum atomic E-state index is 12.7. The second kappa shape index (κ2) is 11.7. The van der Waals surface area contributed by atoms with E-state index < -0.39 is 0 Å². The van der Waals surface area contributed by atoms with E-state index in [0.717, 1.165) is 63.2 Å². The molecule has 0 aliphatic carbocycles. The lowest BCUT2D eigenvalue weighted by molar-refractivity contribution is -0.125. The van der Waals surface area contributed by atoms with E-state index in [4.69, 9.17) is 9.26 Å². The highest BCUT2D eigenvalue weighted by Gasteiger charge is 2.28. The second-order valence-electron chi connectivity index (χ2n) is 8.05. The monoisotopic (exact) mass is 429 g/mol. The summed E-state index contributed by atoms with van der Waals surface area (Å²) in [7, 11) is 1.64. The molecule has 3 rings (SSSR count). The standard InChI is InChI=1S/C23H35N5O3/c1-4-13-27(14-5-2)16-12-24-22(29)19-7-6-15-28(17-19)23-25-21(26-31-23)18-8-10-20(30-3)11-9-18/h8-11,19H,4-7,12-17H2,1-3H3,(H,24,29)/t19-/m1/s1. The zero-order chi connectivity index (χ0) is 22.1. The van der Waals surface area contributed by atoms with Gasteiger partial charge in [-0.1, -0.05) is 19.0 Å². The van der Waals surface area contributed by atoms with Crippen molar-refractivity contribution < 1.29 is 14.1 Å². The van der Waals surface area contributed by atoms with Crippen molar-refractivity contribution in [2.75, 3.05) is 51.3 Å². The van der Waals surface area contributed by atoms with Crippen molar-refractivity contribution in [1.29, 1.82) is 0 Å². The Bertz CT molecular complexity index is 802. The van der Waals surface area contributed by atoms with E-state index in [2.05, 4.69) is 34.2 Å². The minimum absolute atomic E-state index is 0.0594. The first-order valence-corrected chi connectivity index (χ1v) is 11.4. The molecule has 2 heterocycles. The first-order valence-electron chi connectivity index (χ1n) is 11.4. The molecule has 0 bridgehead atoms. The highest BCUT2D eigenvalue weighted by molar-refractivity contribution is 5.79. The Balaban J connectivity index is 1.53. The van der Waals surface area contributed by atoms with E-state index in [0.29, 0.717) is 24.9 Å². The summed E-state index contributed by atoms with van der Waals surface area (Å²) in [5, 5.41) is 7.24. The number of aromatic nitrogens is 2. The van der Waals surface area contributed by atoms with Crippen molar-refractivity contribution in [1.82, 2.24) is 20.4 Å². The van der Waals surface area contributed by atoms with Crippen molar-refractivity contribution in [3.63, 3.8) is 0 Å². The number of nitrogens with one attached hydrogen (secondary N) is 1. The summed E-state index contributed by atoms with van der Waals surface area (Å²) >= 11 is 0. The number of ether oxygens (including phenoxy) is 1. The molecule has 1 fully saturated rings. The van der Waals surface area contributed by atoms with Crippen LogP contribution in [0.5, 0.6) is 5.75 Å². The second-order valence-corrected chi connectivity index (χ2v) is 8.05. The summed E-state index contributed by atoms with van der Waals surface area (Å²) in [6.45, 7) is 9.54. The molecule has 0 unspecified atom stereocenters. The molecule has 0 spiro atoms. The summed E-state index contributed by atoms with van der Waals surface area (Å²) in [4.78, 5) is 21.7. The van der Waals surface area contributed by atoms with Crippen LogP contribution in [0.15, 0.2) is 28.8 Å². The van der Waals surface area contributed by atoms with Crippen molar-refractivity contribution >= 4 is 11.9 Å². The highest BCUT2D eigenvalue weighted by atomic mass is 16.5. The molecule has 31 heavy (non-hydrogen) atoms. The molecule has 0 saturated carbocycles. The largest absolute Gasteiger partial charge is 0.497 e. The third kappa shape index (κ3) is 6.43. The van der Waals surface area contributed by atoms with Gasteiger partial charge in [-0.3, -0.25) is 4.79 Å². The predicted octanol–water partition coefficient (Wildman–Crippen LogP) is 3.20. The maximum absolute atomic E-state index is 12.7. The Morgan fingerprint density at radius 2 is 1.97 bits per heavy atom. The van der Waals surface area contributed by atoms with Gasteiger partial charge in [0.1, 0.15) is 5.75 Å². The number of hydrogen-bond acceptors (Lipinski definition) is 7. The van der Waals surface area contributed by atoms with E-state index in [1.807, 2.05) is 29.2 Å². The molecule has 1 aliphatic rings. The molecule has 1 aromatic carbocycles. The van der Waals surface area contributed by atoms with Crippen LogP contribution in [0.4, 0.5) is 6.01 Å². The van der Waals surface area contributed by atoms with Crippen LogP contribution in [0.2, 0.25) is 0 Å². The number of anilines is 1. The number of nitrogens with zero attached hydrogens (tertiary/aromatic N) is 4. The van der Waals surface area contributed by atoms with Gasteiger partial charge in [0.25, 0.3) is 0 Å². The average molecular weight is 430 g/mol. The first kappa shape index (κ1) is 23.1. The van der Waals surface area contributed by atoms with E-state index in [1.54, 1.807) is 7.11 Å². The third-order valence-corrected chi connectivity index (χ3v) is 5.63. The Morgan fingerprint density at radius 3 is 2.65 bits per heavy atom. The third-order valence-electron chi connectivity index (χ3n) is 5.63. The van der Waals surface area contributed by atoms with Crippen LogP contribution in [0.3, 0.4) is 0 Å². The van der Waals surface area contributed by atoms with Gasteiger partial charge >= 0.3 is 6.01 Å². The minimum atomic E-state index is -0.0594. The Kier molecular flexibility index (Phi) is 8.70. The van der Waals surface area contributed by atoms with Crippen LogP contribution in [-0.4, -0.2) is 67.3 Å². The molecule has 1 atom stereocenters. The lowest BCUT2D eigenvalue weighted by atomic mass is 9.97. The van der Waals surface area contributed by atoms with Crippen LogP contribution < -0.4 is 15.0 Å². The number of methoxy groups -OCH3 is 1. The lowest BCUT2D eigenvalue weighted by Crippen LogP contribution is -2.45. The van der Waals surface area contributed by atoms with Gasteiger partial charge < -0.3 is 24.4 Å². The quantitative estimate of drug-likeness (QED) is 0.587. The molecule has 170 valence electrons. The molecule has 1 N–H and O–H groups in total. The summed E-state index contributed by atoms with van der Waals surface area (Å²) in [5.41, 5.74) is 0.866. The van der Waals surface area contributed by atoms with Crippen LogP contribution >= 0.6 is 0 Å². The molecular formula is C23H35N5O3. The predicted molar refractivity (Wildman–Crippen MR) is 121 cm³/mol. The fourth-order valence-electron chi connectivity index (χ4n) is 4.02. The molecule has 8 heteroatoms. The zero-order valence-corrected chi connectivity index (χ0v) is 19.0. The van der Waals surface area contributed by atoms with E-state index in [1.165, 1.54) is 0 Å². The normalized spacial score (nSPS) is 16.5. The highest BCUT2D eigenvalue weighted by Crippen LogP contribution is 2.25. The Hall–Kier alpha value is -2.61. The van der Waals surface area contributed by atoms with Gasteiger partial charge in [-0.25, -0.2) is 0 Å². The summed E-state index contributed by atoms with van der Waals surface area (Å²) in [5.74, 6) is 1.38. The van der Waals surface area contributed by atoms with Gasteiger partial charge in [0, 0.05) is 31.7 Å². The van der Waals surface area contributed by atoms with Crippen molar-refractivity contribution in [3.05, 3.63) is 24.3 Å². The van der Waals surface area contributed by atoms with E-state index in [9.17, 15) is 4.79 Å². The topological polar surface area (TPSA) is 83.7 Å². The van der Waals surface area contributed by atoms with Crippen molar-refractivity contribution in [3.8, 4) is 17.1 Å². The molecule has 1 aliphatic heterocycles. The molecule has 1 saturated heterocycles. The number of rotatable bonds is 11. The van der Waals surface area contributed by atoms with Crippen LogP contribution in [0.25, 0.3) is 11.4 Å². The van der Waals surface area contributed by atoms with Crippen LogP contribution in [0, 0.1) is 5.92 Å². The number of amides is 1. The minimum Gasteiger partial charge on any atom is -0.497 e. The first-order chi connectivity index (χ1) is 15.1. The number of carbonyl (C=O) groups is 1. The van der Waals surface area contributed by atoms with Gasteiger partial charge in [-0.15, -0.1) is 0 Å². The molecular weight excluding hydrogens is 394 g/mol. The smallest absolute Gasteiger partial charge is 0.324 e. The summed E-state index contributed by atoms with van der Waals surface area (Å²) in [6, 6.07) is 8.02. The fraction of sp³-hybridized carbons (Fsp3) is 0.609. The maximum Gasteiger partial charge on any atom is 0.324 e. The molecule has 1 aromatic heterocycles. The van der Waals surface area contributed by atoms with Gasteiger partial charge in [-0.05, 0) is 63.0 Å². The van der Waals surface area contributed by atoms with Crippen LogP contribution in [-0.2, 0) is 4.79 Å². The van der Waals surface area contributed by atoms with Crippen LogP contribution in [0.1, 0.15) is 39.5 Å². The van der Waals surface area contributed by atoms with Gasteiger partial charge in [0.15, 0.2) is 0 Å². The molecule has 1 amide bonds. The Labute approximate surface area is 184 Å².